The second-order valence-electron chi connectivity index (χ2n) is 5.14. The van der Waals surface area contributed by atoms with Gasteiger partial charge < -0.3 is 10.0 Å². The molecule has 1 aliphatic rings. The molecule has 1 aromatic heterocycles. The topological polar surface area (TPSA) is 75.4 Å². The van der Waals surface area contributed by atoms with Crippen molar-refractivity contribution in [3.63, 3.8) is 0 Å². The van der Waals surface area contributed by atoms with Crippen LogP contribution in [-0.2, 0) is 11.8 Å². The molecule has 1 atom stereocenters. The van der Waals surface area contributed by atoms with Gasteiger partial charge in [0, 0.05) is 26.3 Å². The Hall–Kier alpha value is -1.85. The Kier molecular flexibility index (Phi) is 2.88. The van der Waals surface area contributed by atoms with E-state index in [1.807, 2.05) is 0 Å². The van der Waals surface area contributed by atoms with E-state index in [1.165, 1.54) is 0 Å². The molecular formula is C12H17N3O3. The van der Waals surface area contributed by atoms with Crippen LogP contribution in [-0.4, -0.2) is 44.8 Å². The van der Waals surface area contributed by atoms with Crippen LogP contribution in [0.15, 0.2) is 6.20 Å². The van der Waals surface area contributed by atoms with Crippen molar-refractivity contribution in [1.29, 1.82) is 0 Å². The average Bonchev–Trinajstić information content (AvgIpc) is 2.82. The Balaban J connectivity index is 2.18. The van der Waals surface area contributed by atoms with Crippen molar-refractivity contribution >= 4 is 11.9 Å². The molecule has 0 aromatic carbocycles. The van der Waals surface area contributed by atoms with Crippen molar-refractivity contribution in [1.82, 2.24) is 14.7 Å². The summed E-state index contributed by atoms with van der Waals surface area (Å²) < 4.78 is 1.59. The minimum absolute atomic E-state index is 0.134. The van der Waals surface area contributed by atoms with E-state index >= 15 is 0 Å². The molecule has 6 nitrogen and oxygen atoms in total. The number of carbonyl (C=O) groups is 2. The number of carboxylic acid groups (broad SMARTS) is 1. The number of hydrogen-bond acceptors (Lipinski definition) is 3. The molecule has 0 spiro atoms. The minimum atomic E-state index is -0.847. The van der Waals surface area contributed by atoms with Gasteiger partial charge in [-0.25, -0.2) is 0 Å². The SMILES string of the molecule is Cc1nn(C)cc1C(=O)N1CC[C@](C)(C(=O)O)C1. The molecule has 1 saturated heterocycles. The zero-order valence-corrected chi connectivity index (χ0v) is 10.8. The van der Waals surface area contributed by atoms with Crippen molar-refractivity contribution in [3.05, 3.63) is 17.5 Å². The van der Waals surface area contributed by atoms with Gasteiger partial charge in [-0.2, -0.15) is 5.10 Å². The van der Waals surface area contributed by atoms with E-state index in [1.54, 1.807) is 36.7 Å². The Morgan fingerprint density at radius 3 is 2.61 bits per heavy atom. The van der Waals surface area contributed by atoms with Crippen LogP contribution in [0.25, 0.3) is 0 Å². The predicted molar refractivity (Wildman–Crippen MR) is 64.2 cm³/mol. The summed E-state index contributed by atoms with van der Waals surface area (Å²) in [5.74, 6) is -0.980. The van der Waals surface area contributed by atoms with E-state index in [-0.39, 0.29) is 12.5 Å². The number of carboxylic acids is 1. The molecular weight excluding hydrogens is 234 g/mol. The molecule has 0 aliphatic carbocycles. The van der Waals surface area contributed by atoms with Crippen molar-refractivity contribution in [2.75, 3.05) is 13.1 Å². The maximum Gasteiger partial charge on any atom is 0.311 e. The molecule has 1 N–H and O–H groups in total. The number of likely N-dealkylation sites (tertiary alicyclic amines) is 1. The molecule has 2 heterocycles. The van der Waals surface area contributed by atoms with Crippen LogP contribution in [0.4, 0.5) is 0 Å². The molecule has 1 amide bonds. The normalized spacial score (nSPS) is 23.4. The fourth-order valence-electron chi connectivity index (χ4n) is 2.29. The van der Waals surface area contributed by atoms with Gasteiger partial charge in [0.15, 0.2) is 0 Å². The Labute approximate surface area is 105 Å². The molecule has 98 valence electrons. The number of nitrogens with zero attached hydrogens (tertiary/aromatic N) is 3. The highest BCUT2D eigenvalue weighted by Crippen LogP contribution is 2.31. The van der Waals surface area contributed by atoms with E-state index < -0.39 is 11.4 Å². The monoisotopic (exact) mass is 251 g/mol. The Morgan fingerprint density at radius 1 is 1.50 bits per heavy atom. The third kappa shape index (κ3) is 1.98. The fourth-order valence-corrected chi connectivity index (χ4v) is 2.29. The Morgan fingerprint density at radius 2 is 2.17 bits per heavy atom. The van der Waals surface area contributed by atoms with Crippen LogP contribution < -0.4 is 0 Å². The third-order valence-electron chi connectivity index (χ3n) is 3.52. The van der Waals surface area contributed by atoms with Gasteiger partial charge in [0.1, 0.15) is 0 Å². The number of rotatable bonds is 2. The minimum Gasteiger partial charge on any atom is -0.481 e. The molecule has 0 unspecified atom stereocenters. The molecule has 18 heavy (non-hydrogen) atoms. The molecule has 1 aliphatic heterocycles. The standard InChI is InChI=1S/C12H17N3O3/c1-8-9(6-14(3)13-8)10(16)15-5-4-12(2,7-15)11(17)18/h6H,4-5,7H2,1-3H3,(H,17,18)/t12-/m0/s1. The lowest BCUT2D eigenvalue weighted by Gasteiger charge is -2.19. The molecule has 1 aromatic rings. The first kappa shape index (κ1) is 12.6. The van der Waals surface area contributed by atoms with Gasteiger partial charge >= 0.3 is 5.97 Å². The number of amides is 1. The van der Waals surface area contributed by atoms with Crippen LogP contribution in [0, 0.1) is 12.3 Å². The van der Waals surface area contributed by atoms with Gasteiger partial charge in [-0.15, -0.1) is 0 Å². The van der Waals surface area contributed by atoms with E-state index in [2.05, 4.69) is 5.10 Å². The van der Waals surface area contributed by atoms with Crippen molar-refractivity contribution in [3.8, 4) is 0 Å². The van der Waals surface area contributed by atoms with Gasteiger partial charge in [-0.3, -0.25) is 14.3 Å². The second-order valence-corrected chi connectivity index (χ2v) is 5.14. The molecule has 0 radical (unpaired) electrons. The summed E-state index contributed by atoms with van der Waals surface area (Å²) in [6.45, 7) is 4.20. The van der Waals surface area contributed by atoms with Gasteiger partial charge in [0.25, 0.3) is 5.91 Å². The number of aliphatic carboxylic acids is 1. The van der Waals surface area contributed by atoms with E-state index in [4.69, 9.17) is 5.11 Å². The first-order valence-corrected chi connectivity index (χ1v) is 5.86. The van der Waals surface area contributed by atoms with E-state index in [0.717, 1.165) is 0 Å². The smallest absolute Gasteiger partial charge is 0.311 e. The van der Waals surface area contributed by atoms with Crippen molar-refractivity contribution in [2.24, 2.45) is 12.5 Å². The number of hydrogen-bond donors (Lipinski definition) is 1. The highest BCUT2D eigenvalue weighted by Gasteiger charge is 2.42. The molecule has 1 fully saturated rings. The summed E-state index contributed by atoms with van der Waals surface area (Å²) in [5, 5.41) is 13.3. The molecule has 0 bridgehead atoms. The first-order chi connectivity index (χ1) is 8.33. The number of aryl methyl sites for hydroxylation is 2. The predicted octanol–water partition coefficient (Wildman–Crippen LogP) is 0.665. The van der Waals surface area contributed by atoms with Crippen molar-refractivity contribution in [2.45, 2.75) is 20.3 Å². The first-order valence-electron chi connectivity index (χ1n) is 5.86. The lowest BCUT2D eigenvalue weighted by Crippen LogP contribution is -2.35. The van der Waals surface area contributed by atoms with Crippen molar-refractivity contribution < 1.29 is 14.7 Å². The largest absolute Gasteiger partial charge is 0.481 e. The zero-order chi connectivity index (χ0) is 13.5. The lowest BCUT2D eigenvalue weighted by molar-refractivity contribution is -0.147. The van der Waals surface area contributed by atoms with E-state index in [9.17, 15) is 9.59 Å². The zero-order valence-electron chi connectivity index (χ0n) is 10.8. The van der Waals surface area contributed by atoms with Crippen LogP contribution in [0.5, 0.6) is 0 Å². The average molecular weight is 251 g/mol. The second kappa shape index (κ2) is 4.12. The Bertz CT molecular complexity index is 509. The van der Waals surface area contributed by atoms with Crippen LogP contribution >= 0.6 is 0 Å². The number of carbonyl (C=O) groups excluding carboxylic acids is 1. The summed E-state index contributed by atoms with van der Waals surface area (Å²) in [7, 11) is 1.76. The molecule has 2 rings (SSSR count). The highest BCUT2D eigenvalue weighted by atomic mass is 16.4. The maximum absolute atomic E-state index is 12.3. The van der Waals surface area contributed by atoms with Crippen LogP contribution in [0.2, 0.25) is 0 Å². The fraction of sp³-hybridized carbons (Fsp3) is 0.583. The summed E-state index contributed by atoms with van der Waals surface area (Å²) in [6.07, 6.45) is 2.17. The number of aromatic nitrogens is 2. The van der Waals surface area contributed by atoms with Gasteiger partial charge in [-0.05, 0) is 20.3 Å². The maximum atomic E-state index is 12.3. The van der Waals surface area contributed by atoms with Crippen LogP contribution in [0.1, 0.15) is 29.4 Å². The third-order valence-corrected chi connectivity index (χ3v) is 3.52. The quantitative estimate of drug-likeness (QED) is 0.838. The summed E-state index contributed by atoms with van der Waals surface area (Å²) >= 11 is 0. The summed E-state index contributed by atoms with van der Waals surface area (Å²) in [6, 6.07) is 0. The molecule has 6 heteroatoms. The summed E-state index contributed by atoms with van der Waals surface area (Å²) in [5.41, 5.74) is 0.393. The lowest BCUT2D eigenvalue weighted by atomic mass is 9.90. The molecule has 0 saturated carbocycles. The van der Waals surface area contributed by atoms with Gasteiger partial charge in [0.2, 0.25) is 0 Å². The highest BCUT2D eigenvalue weighted by molar-refractivity contribution is 5.95. The van der Waals surface area contributed by atoms with E-state index in [0.29, 0.717) is 24.2 Å². The summed E-state index contributed by atoms with van der Waals surface area (Å²) in [4.78, 5) is 25.0. The van der Waals surface area contributed by atoms with Crippen LogP contribution in [0.3, 0.4) is 0 Å². The van der Waals surface area contributed by atoms with Gasteiger partial charge in [-0.1, -0.05) is 0 Å². The van der Waals surface area contributed by atoms with Gasteiger partial charge in [0.05, 0.1) is 16.7 Å².